The molecule has 1 saturated carbocycles. The highest BCUT2D eigenvalue weighted by atomic mass is 32.2. The Morgan fingerprint density at radius 3 is 2.53 bits per heavy atom. The average Bonchev–Trinajstić information content (AvgIpc) is 3.01. The Bertz CT molecular complexity index is 400. The van der Waals surface area contributed by atoms with Crippen LogP contribution in [-0.4, -0.2) is 56.5 Å². The van der Waals surface area contributed by atoms with Crippen LogP contribution in [0.15, 0.2) is 0 Å². The van der Waals surface area contributed by atoms with Crippen LogP contribution in [0.3, 0.4) is 0 Å². The van der Waals surface area contributed by atoms with Gasteiger partial charge in [0.1, 0.15) is 0 Å². The molecule has 3 fully saturated rings. The van der Waals surface area contributed by atoms with E-state index in [2.05, 4.69) is 10.2 Å². The maximum Gasteiger partial charge on any atom is 0.151 e. The number of rotatable bonds is 5. The predicted molar refractivity (Wildman–Crippen MR) is 77.0 cm³/mol. The van der Waals surface area contributed by atoms with Gasteiger partial charge >= 0.3 is 0 Å². The third kappa shape index (κ3) is 3.92. The first-order valence-electron chi connectivity index (χ1n) is 7.80. The van der Waals surface area contributed by atoms with Crippen molar-refractivity contribution in [3.8, 4) is 0 Å². The molecule has 4 nitrogen and oxygen atoms in total. The molecular weight excluding hydrogens is 260 g/mol. The van der Waals surface area contributed by atoms with Crippen molar-refractivity contribution in [3.63, 3.8) is 0 Å². The lowest BCUT2D eigenvalue weighted by Crippen LogP contribution is -2.49. The second kappa shape index (κ2) is 5.70. The highest BCUT2D eigenvalue weighted by Gasteiger charge is 2.34. The van der Waals surface area contributed by atoms with E-state index >= 15 is 0 Å². The molecule has 2 saturated heterocycles. The minimum absolute atomic E-state index is 0.279. The van der Waals surface area contributed by atoms with Gasteiger partial charge in [-0.15, -0.1) is 0 Å². The zero-order valence-electron chi connectivity index (χ0n) is 11.7. The van der Waals surface area contributed by atoms with Crippen molar-refractivity contribution in [2.75, 3.05) is 31.1 Å². The predicted octanol–water partition coefficient (Wildman–Crippen LogP) is 1.03. The lowest BCUT2D eigenvalue weighted by molar-refractivity contribution is 0.173. The minimum atomic E-state index is -2.79. The largest absolute Gasteiger partial charge is 0.313 e. The van der Waals surface area contributed by atoms with Crippen LogP contribution in [0.5, 0.6) is 0 Å². The summed E-state index contributed by atoms with van der Waals surface area (Å²) in [6.45, 7) is 3.31. The number of hydrogen-bond donors (Lipinski definition) is 1. The first-order valence-corrected chi connectivity index (χ1v) is 9.62. The molecule has 1 N–H and O–H groups in total. The molecule has 3 aliphatic rings. The highest BCUT2D eigenvalue weighted by molar-refractivity contribution is 7.91. The Kier molecular flexibility index (Phi) is 4.15. The van der Waals surface area contributed by atoms with Crippen LogP contribution in [0.1, 0.15) is 38.5 Å². The van der Waals surface area contributed by atoms with Gasteiger partial charge in [-0.3, -0.25) is 4.90 Å². The van der Waals surface area contributed by atoms with Crippen LogP contribution in [0, 0.1) is 5.92 Å². The molecule has 2 heterocycles. The van der Waals surface area contributed by atoms with Gasteiger partial charge in [0.15, 0.2) is 9.84 Å². The van der Waals surface area contributed by atoms with Gasteiger partial charge in [0.25, 0.3) is 0 Å². The Hall–Kier alpha value is -0.130. The first-order chi connectivity index (χ1) is 9.12. The van der Waals surface area contributed by atoms with Gasteiger partial charge in [0.05, 0.1) is 11.5 Å². The van der Waals surface area contributed by atoms with Crippen molar-refractivity contribution in [1.82, 2.24) is 10.2 Å². The summed E-state index contributed by atoms with van der Waals surface area (Å²) in [5.41, 5.74) is 0. The van der Waals surface area contributed by atoms with Crippen molar-refractivity contribution >= 4 is 9.84 Å². The molecule has 0 aromatic carbocycles. The highest BCUT2D eigenvalue weighted by Crippen LogP contribution is 2.32. The molecule has 1 aliphatic carbocycles. The second-order valence-corrected chi connectivity index (χ2v) is 8.83. The lowest BCUT2D eigenvalue weighted by atomic mass is 10.1. The summed E-state index contributed by atoms with van der Waals surface area (Å²) >= 11 is 0. The van der Waals surface area contributed by atoms with Crippen LogP contribution in [0.2, 0.25) is 0 Å². The van der Waals surface area contributed by atoms with Crippen molar-refractivity contribution in [2.24, 2.45) is 5.92 Å². The maximum atomic E-state index is 11.9. The van der Waals surface area contributed by atoms with Crippen molar-refractivity contribution < 1.29 is 8.42 Å². The van der Waals surface area contributed by atoms with E-state index in [1.807, 2.05) is 0 Å². The number of sulfone groups is 1. The van der Waals surface area contributed by atoms with Gasteiger partial charge in [-0.25, -0.2) is 8.42 Å². The van der Waals surface area contributed by atoms with Gasteiger partial charge in [-0.2, -0.15) is 0 Å². The van der Waals surface area contributed by atoms with Crippen molar-refractivity contribution in [3.05, 3.63) is 0 Å². The van der Waals surface area contributed by atoms with E-state index in [9.17, 15) is 8.42 Å². The zero-order chi connectivity index (χ0) is 13.3. The SMILES string of the molecule is O=S1(=O)CCCC(N(CC2CC2)CC2CCCN2)C1. The van der Waals surface area contributed by atoms with Crippen LogP contribution in [-0.2, 0) is 9.84 Å². The molecule has 2 unspecified atom stereocenters. The Morgan fingerprint density at radius 1 is 1.05 bits per heavy atom. The summed E-state index contributed by atoms with van der Waals surface area (Å²) in [6, 6.07) is 0.866. The average molecular weight is 286 g/mol. The third-order valence-electron chi connectivity index (χ3n) is 4.76. The number of hydrogen-bond acceptors (Lipinski definition) is 4. The molecule has 110 valence electrons. The Balaban J connectivity index is 1.62. The maximum absolute atomic E-state index is 11.9. The fourth-order valence-electron chi connectivity index (χ4n) is 3.49. The fraction of sp³-hybridized carbons (Fsp3) is 1.00. The summed E-state index contributed by atoms with van der Waals surface area (Å²) in [7, 11) is -2.79. The summed E-state index contributed by atoms with van der Waals surface area (Å²) in [4.78, 5) is 2.50. The van der Waals surface area contributed by atoms with Gasteiger partial charge in [-0.1, -0.05) is 0 Å². The second-order valence-electron chi connectivity index (χ2n) is 6.60. The molecular formula is C14H26N2O2S. The van der Waals surface area contributed by atoms with Crippen LogP contribution < -0.4 is 5.32 Å². The van der Waals surface area contributed by atoms with E-state index in [-0.39, 0.29) is 6.04 Å². The normalized spacial score (nSPS) is 34.8. The summed E-state index contributed by atoms with van der Waals surface area (Å²) in [6.07, 6.45) is 7.12. The molecule has 0 amide bonds. The molecule has 0 bridgehead atoms. The van der Waals surface area contributed by atoms with E-state index in [0.29, 0.717) is 17.5 Å². The third-order valence-corrected chi connectivity index (χ3v) is 6.57. The van der Waals surface area contributed by atoms with E-state index < -0.39 is 9.84 Å². The van der Waals surface area contributed by atoms with Crippen LogP contribution in [0.4, 0.5) is 0 Å². The standard InChI is InChI=1S/C14H26N2O2S/c17-19(18)8-2-4-14(11-19)16(9-12-5-6-12)10-13-3-1-7-15-13/h12-15H,1-11H2. The van der Waals surface area contributed by atoms with Crippen LogP contribution in [0.25, 0.3) is 0 Å². The molecule has 0 radical (unpaired) electrons. The topological polar surface area (TPSA) is 49.4 Å². The monoisotopic (exact) mass is 286 g/mol. The van der Waals surface area contributed by atoms with E-state index in [0.717, 1.165) is 38.4 Å². The van der Waals surface area contributed by atoms with Gasteiger partial charge in [0.2, 0.25) is 0 Å². The lowest BCUT2D eigenvalue weighted by Gasteiger charge is -2.35. The van der Waals surface area contributed by atoms with Gasteiger partial charge in [-0.05, 0) is 51.0 Å². The van der Waals surface area contributed by atoms with Crippen molar-refractivity contribution in [2.45, 2.75) is 50.6 Å². The van der Waals surface area contributed by atoms with Crippen molar-refractivity contribution in [1.29, 1.82) is 0 Å². The van der Waals surface area contributed by atoms with Crippen LogP contribution >= 0.6 is 0 Å². The molecule has 0 aromatic rings. The quantitative estimate of drug-likeness (QED) is 0.820. The molecule has 2 aliphatic heterocycles. The summed E-state index contributed by atoms with van der Waals surface area (Å²) in [5, 5.41) is 3.55. The smallest absolute Gasteiger partial charge is 0.151 e. The molecule has 0 spiro atoms. The Labute approximate surface area is 116 Å². The Morgan fingerprint density at radius 2 is 1.89 bits per heavy atom. The molecule has 5 heteroatoms. The number of nitrogens with one attached hydrogen (secondary N) is 1. The van der Waals surface area contributed by atoms with E-state index in [4.69, 9.17) is 0 Å². The minimum Gasteiger partial charge on any atom is -0.313 e. The molecule has 3 rings (SSSR count). The van der Waals surface area contributed by atoms with E-state index in [1.165, 1.54) is 25.7 Å². The van der Waals surface area contributed by atoms with Gasteiger partial charge in [0, 0.05) is 25.2 Å². The van der Waals surface area contributed by atoms with E-state index in [1.54, 1.807) is 0 Å². The molecule has 2 atom stereocenters. The zero-order valence-corrected chi connectivity index (χ0v) is 12.5. The van der Waals surface area contributed by atoms with Gasteiger partial charge < -0.3 is 5.32 Å². The summed E-state index contributed by atoms with van der Waals surface area (Å²) in [5.74, 6) is 1.64. The first kappa shape index (κ1) is 13.8. The fourth-order valence-corrected chi connectivity index (χ4v) is 5.22. The molecule has 0 aromatic heterocycles. The summed E-state index contributed by atoms with van der Waals surface area (Å²) < 4.78 is 23.7. The molecule has 19 heavy (non-hydrogen) atoms. The number of nitrogens with zero attached hydrogens (tertiary/aromatic N) is 1.